The van der Waals surface area contributed by atoms with Gasteiger partial charge in [-0.25, -0.2) is 4.98 Å². The Morgan fingerprint density at radius 2 is 1.51 bits per heavy atom. The number of hydrogen-bond donors (Lipinski definition) is 2. The lowest BCUT2D eigenvalue weighted by Gasteiger charge is -2.18. The van der Waals surface area contributed by atoms with Crippen molar-refractivity contribution in [2.75, 3.05) is 23.0 Å². The smallest absolute Gasteiger partial charge is 0.266 e. The lowest BCUT2D eigenvalue weighted by Crippen LogP contribution is -2.24. The number of amides is 2. The Labute approximate surface area is 254 Å². The lowest BCUT2D eigenvalue weighted by atomic mass is 10.0. The van der Waals surface area contributed by atoms with Crippen molar-refractivity contribution in [1.82, 2.24) is 9.55 Å². The number of nitrogens with zero attached hydrogens (tertiary/aromatic N) is 2. The molecule has 0 saturated carbocycles. The fraction of sp³-hybridized carbons (Fsp3) is 0.176. The number of carbonyl (C=O) groups excluding carboxylic acids is 2. The van der Waals surface area contributed by atoms with E-state index in [1.807, 2.05) is 43.3 Å². The summed E-state index contributed by atoms with van der Waals surface area (Å²) in [7, 11) is 0. The SMILES string of the molecule is CCOc1ccc(NC(=O)c2ccc(NC(=O)CSc3nc4ccccc4c(=O)n3-c3ccccc3C(C)C)cc2)cc1. The second-order valence-electron chi connectivity index (χ2n) is 10.1. The third-order valence-corrected chi connectivity index (χ3v) is 7.67. The molecule has 0 atom stereocenters. The van der Waals surface area contributed by atoms with Crippen molar-refractivity contribution in [3.8, 4) is 11.4 Å². The Hall–Kier alpha value is -4.89. The summed E-state index contributed by atoms with van der Waals surface area (Å²) in [6.07, 6.45) is 0. The molecule has 0 spiro atoms. The van der Waals surface area contributed by atoms with Crippen LogP contribution in [0.5, 0.6) is 5.75 Å². The molecule has 218 valence electrons. The van der Waals surface area contributed by atoms with Crippen LogP contribution in [0, 0.1) is 0 Å². The average molecular weight is 593 g/mol. The van der Waals surface area contributed by atoms with Gasteiger partial charge in [0.15, 0.2) is 5.16 Å². The number of ether oxygens (including phenoxy) is 1. The summed E-state index contributed by atoms with van der Waals surface area (Å²) in [4.78, 5) is 44.1. The normalized spacial score (nSPS) is 11.0. The molecule has 0 saturated heterocycles. The third kappa shape index (κ3) is 6.95. The van der Waals surface area contributed by atoms with E-state index >= 15 is 0 Å². The van der Waals surface area contributed by atoms with Crippen LogP contribution >= 0.6 is 11.8 Å². The van der Waals surface area contributed by atoms with Crippen molar-refractivity contribution in [1.29, 1.82) is 0 Å². The minimum absolute atomic E-state index is 0.0363. The molecule has 9 heteroatoms. The number of carbonyl (C=O) groups is 2. The molecule has 1 aromatic heterocycles. The predicted octanol–water partition coefficient (Wildman–Crippen LogP) is 6.89. The molecule has 43 heavy (non-hydrogen) atoms. The van der Waals surface area contributed by atoms with Crippen LogP contribution in [0.3, 0.4) is 0 Å². The van der Waals surface area contributed by atoms with E-state index in [1.165, 1.54) is 11.8 Å². The summed E-state index contributed by atoms with van der Waals surface area (Å²) < 4.78 is 7.04. The van der Waals surface area contributed by atoms with E-state index < -0.39 is 0 Å². The van der Waals surface area contributed by atoms with E-state index in [4.69, 9.17) is 9.72 Å². The monoisotopic (exact) mass is 592 g/mol. The highest BCUT2D eigenvalue weighted by Gasteiger charge is 2.18. The first-order valence-corrected chi connectivity index (χ1v) is 15.0. The summed E-state index contributed by atoms with van der Waals surface area (Å²) in [6.45, 7) is 6.64. The van der Waals surface area contributed by atoms with Crippen LogP contribution in [0.1, 0.15) is 42.6 Å². The third-order valence-electron chi connectivity index (χ3n) is 6.73. The van der Waals surface area contributed by atoms with Crippen molar-refractivity contribution in [2.45, 2.75) is 31.8 Å². The summed E-state index contributed by atoms with van der Waals surface area (Å²) in [5.41, 5.74) is 3.82. The van der Waals surface area contributed by atoms with E-state index in [0.29, 0.717) is 39.6 Å². The van der Waals surface area contributed by atoms with Gasteiger partial charge >= 0.3 is 0 Å². The average Bonchev–Trinajstić information content (AvgIpc) is 3.01. The van der Waals surface area contributed by atoms with E-state index in [-0.39, 0.29) is 29.0 Å². The van der Waals surface area contributed by atoms with Gasteiger partial charge in [-0.1, -0.05) is 55.9 Å². The molecule has 0 aliphatic rings. The maximum absolute atomic E-state index is 13.7. The molecule has 0 radical (unpaired) electrons. The van der Waals surface area contributed by atoms with Crippen molar-refractivity contribution in [3.05, 3.63) is 119 Å². The molecule has 5 rings (SSSR count). The Kier molecular flexibility index (Phi) is 9.22. The minimum Gasteiger partial charge on any atom is -0.494 e. The molecule has 0 aliphatic heterocycles. The fourth-order valence-corrected chi connectivity index (χ4v) is 5.44. The van der Waals surface area contributed by atoms with Gasteiger partial charge < -0.3 is 15.4 Å². The molecular weight excluding hydrogens is 560 g/mol. The van der Waals surface area contributed by atoms with Gasteiger partial charge in [-0.2, -0.15) is 0 Å². The van der Waals surface area contributed by atoms with Gasteiger partial charge in [-0.05, 0) is 85.1 Å². The predicted molar refractivity (Wildman–Crippen MR) is 173 cm³/mol. The van der Waals surface area contributed by atoms with Gasteiger partial charge in [0.05, 0.1) is 29.0 Å². The molecule has 0 fully saturated rings. The first kappa shape index (κ1) is 29.6. The number of nitrogens with one attached hydrogen (secondary N) is 2. The number of fused-ring (bicyclic) bond motifs is 1. The number of aromatic nitrogens is 2. The van der Waals surface area contributed by atoms with Crippen molar-refractivity contribution < 1.29 is 14.3 Å². The number of benzene rings is 4. The van der Waals surface area contributed by atoms with Crippen LogP contribution < -0.4 is 20.9 Å². The number of rotatable bonds is 10. The highest BCUT2D eigenvalue weighted by atomic mass is 32.2. The Balaban J connectivity index is 1.29. The van der Waals surface area contributed by atoms with Gasteiger partial charge in [0.25, 0.3) is 11.5 Å². The first-order chi connectivity index (χ1) is 20.8. The molecule has 0 aliphatic carbocycles. The molecule has 0 bridgehead atoms. The van der Waals surface area contributed by atoms with Crippen molar-refractivity contribution in [2.24, 2.45) is 0 Å². The maximum Gasteiger partial charge on any atom is 0.266 e. The largest absolute Gasteiger partial charge is 0.494 e. The second-order valence-corrected chi connectivity index (χ2v) is 11.0. The zero-order valence-electron chi connectivity index (χ0n) is 24.2. The summed E-state index contributed by atoms with van der Waals surface area (Å²) in [5, 5.41) is 6.67. The Morgan fingerprint density at radius 1 is 0.860 bits per heavy atom. The van der Waals surface area contributed by atoms with Crippen LogP contribution in [0.25, 0.3) is 16.6 Å². The van der Waals surface area contributed by atoms with Gasteiger partial charge in [0, 0.05) is 16.9 Å². The summed E-state index contributed by atoms with van der Waals surface area (Å²) in [6, 6.07) is 28.8. The van der Waals surface area contributed by atoms with Gasteiger partial charge in [0.1, 0.15) is 5.75 Å². The van der Waals surface area contributed by atoms with E-state index in [9.17, 15) is 14.4 Å². The second kappa shape index (κ2) is 13.4. The molecule has 5 aromatic rings. The van der Waals surface area contributed by atoms with Crippen molar-refractivity contribution in [3.63, 3.8) is 0 Å². The number of thioether (sulfide) groups is 1. The Bertz CT molecular complexity index is 1820. The zero-order chi connectivity index (χ0) is 30.3. The quantitative estimate of drug-likeness (QED) is 0.135. The first-order valence-electron chi connectivity index (χ1n) is 14.0. The molecule has 8 nitrogen and oxygen atoms in total. The van der Waals surface area contributed by atoms with Gasteiger partial charge in [-0.3, -0.25) is 19.0 Å². The topological polar surface area (TPSA) is 102 Å². The molecule has 1 heterocycles. The number of hydrogen-bond acceptors (Lipinski definition) is 6. The van der Waals surface area contributed by atoms with Crippen LogP contribution in [-0.4, -0.2) is 33.7 Å². The van der Waals surface area contributed by atoms with Crippen LogP contribution in [0.15, 0.2) is 107 Å². The standard InChI is InChI=1S/C34H32N4O4S/c1-4-42-26-19-17-25(18-20-26)36-32(40)23-13-15-24(16-14-23)35-31(39)21-43-34-37-29-11-7-5-10-28(29)33(41)38(34)30-12-8-6-9-27(30)22(2)3/h5-20,22H,4,21H2,1-3H3,(H,35,39)(H,36,40). The van der Waals surface area contributed by atoms with E-state index in [0.717, 1.165) is 17.0 Å². The maximum atomic E-state index is 13.7. The number of para-hydroxylation sites is 2. The summed E-state index contributed by atoms with van der Waals surface area (Å²) >= 11 is 1.20. The van der Waals surface area contributed by atoms with Gasteiger partial charge in [0.2, 0.25) is 5.91 Å². The van der Waals surface area contributed by atoms with Crippen molar-refractivity contribution >= 4 is 45.9 Å². The molecule has 2 N–H and O–H groups in total. The van der Waals surface area contributed by atoms with Crippen LogP contribution in [0.4, 0.5) is 11.4 Å². The molecule has 2 amide bonds. The van der Waals surface area contributed by atoms with Crippen LogP contribution in [-0.2, 0) is 4.79 Å². The van der Waals surface area contributed by atoms with Gasteiger partial charge in [-0.15, -0.1) is 0 Å². The molecular formula is C34H32N4O4S. The fourth-order valence-electron chi connectivity index (χ4n) is 4.64. The zero-order valence-corrected chi connectivity index (χ0v) is 25.0. The lowest BCUT2D eigenvalue weighted by molar-refractivity contribution is -0.113. The highest BCUT2D eigenvalue weighted by Crippen LogP contribution is 2.27. The van der Waals surface area contributed by atoms with Crippen LogP contribution in [0.2, 0.25) is 0 Å². The Morgan fingerprint density at radius 3 is 2.23 bits per heavy atom. The van der Waals surface area contributed by atoms with E-state index in [2.05, 4.69) is 24.5 Å². The number of anilines is 2. The molecule has 4 aromatic carbocycles. The minimum atomic E-state index is -0.264. The molecule has 0 unspecified atom stereocenters. The van der Waals surface area contributed by atoms with E-state index in [1.54, 1.807) is 65.2 Å². The summed E-state index contributed by atoms with van der Waals surface area (Å²) in [5.74, 6) is 0.428. The highest BCUT2D eigenvalue weighted by molar-refractivity contribution is 7.99.